The van der Waals surface area contributed by atoms with Gasteiger partial charge in [-0.05, 0) is 24.3 Å². The van der Waals surface area contributed by atoms with Gasteiger partial charge in [-0.1, -0.05) is 0 Å². The Kier molecular flexibility index (Phi) is 3.65. The summed E-state index contributed by atoms with van der Waals surface area (Å²) in [6.07, 6.45) is 0. The number of carbonyl (C=O) groups is 1. The Morgan fingerprint density at radius 2 is 1.80 bits per heavy atom. The SMILES string of the molecule is COc1cc(N)ccc1NC(=O)c1cc(O)cc(O)c1. The number of nitrogen functional groups attached to an aromatic ring is 1. The second kappa shape index (κ2) is 5.40. The van der Waals surface area contributed by atoms with Crippen molar-refractivity contribution in [2.45, 2.75) is 0 Å². The third-order valence-electron chi connectivity index (χ3n) is 2.64. The minimum Gasteiger partial charge on any atom is -0.508 e. The molecule has 2 rings (SSSR count). The smallest absolute Gasteiger partial charge is 0.256 e. The number of nitrogens with one attached hydrogen (secondary N) is 1. The summed E-state index contributed by atoms with van der Waals surface area (Å²) in [5.41, 5.74) is 6.70. The molecule has 0 saturated heterocycles. The average Bonchev–Trinajstić information content (AvgIpc) is 2.39. The largest absolute Gasteiger partial charge is 0.508 e. The number of phenols is 2. The molecule has 2 aromatic carbocycles. The van der Waals surface area contributed by atoms with Gasteiger partial charge in [-0.15, -0.1) is 0 Å². The minimum atomic E-state index is -0.487. The lowest BCUT2D eigenvalue weighted by Gasteiger charge is -2.11. The first-order valence-corrected chi connectivity index (χ1v) is 5.77. The number of amides is 1. The molecule has 0 saturated carbocycles. The number of hydrogen-bond acceptors (Lipinski definition) is 5. The number of hydrogen-bond donors (Lipinski definition) is 4. The monoisotopic (exact) mass is 274 g/mol. The molecule has 0 aliphatic rings. The van der Waals surface area contributed by atoms with Gasteiger partial charge in [-0.3, -0.25) is 4.79 Å². The molecule has 0 aliphatic heterocycles. The maximum atomic E-state index is 12.1. The van der Waals surface area contributed by atoms with E-state index in [2.05, 4.69) is 5.32 Å². The first-order chi connectivity index (χ1) is 9.49. The molecule has 0 aliphatic carbocycles. The van der Waals surface area contributed by atoms with Crippen LogP contribution in [0.2, 0.25) is 0 Å². The van der Waals surface area contributed by atoms with E-state index in [1.54, 1.807) is 18.2 Å². The number of phenolic OH excluding ortho intramolecular Hbond substituents is 2. The Balaban J connectivity index is 2.27. The molecule has 2 aromatic rings. The highest BCUT2D eigenvalue weighted by Gasteiger charge is 2.12. The predicted octanol–water partition coefficient (Wildman–Crippen LogP) is 1.94. The fraction of sp³-hybridized carbons (Fsp3) is 0.0714. The molecule has 6 heteroatoms. The molecule has 0 heterocycles. The molecule has 0 bridgehead atoms. The second-order valence-electron chi connectivity index (χ2n) is 4.15. The molecule has 20 heavy (non-hydrogen) atoms. The van der Waals surface area contributed by atoms with Gasteiger partial charge in [0.25, 0.3) is 5.91 Å². The Hall–Kier alpha value is -2.89. The van der Waals surface area contributed by atoms with E-state index in [9.17, 15) is 15.0 Å². The maximum Gasteiger partial charge on any atom is 0.256 e. The quantitative estimate of drug-likeness (QED) is 0.640. The van der Waals surface area contributed by atoms with Gasteiger partial charge in [-0.25, -0.2) is 0 Å². The van der Waals surface area contributed by atoms with Gasteiger partial charge in [0.2, 0.25) is 0 Å². The van der Waals surface area contributed by atoms with Gasteiger partial charge in [0.1, 0.15) is 17.2 Å². The predicted molar refractivity (Wildman–Crippen MR) is 75.1 cm³/mol. The zero-order valence-corrected chi connectivity index (χ0v) is 10.8. The van der Waals surface area contributed by atoms with Crippen molar-refractivity contribution in [3.63, 3.8) is 0 Å². The van der Waals surface area contributed by atoms with Crippen molar-refractivity contribution in [2.75, 3.05) is 18.2 Å². The van der Waals surface area contributed by atoms with Gasteiger partial charge in [-0.2, -0.15) is 0 Å². The number of methoxy groups -OCH3 is 1. The van der Waals surface area contributed by atoms with E-state index < -0.39 is 5.91 Å². The molecule has 1 amide bonds. The lowest BCUT2D eigenvalue weighted by molar-refractivity contribution is 0.102. The van der Waals surface area contributed by atoms with Crippen molar-refractivity contribution in [3.8, 4) is 17.2 Å². The van der Waals surface area contributed by atoms with E-state index >= 15 is 0 Å². The minimum absolute atomic E-state index is 0.126. The van der Waals surface area contributed by atoms with Crippen LogP contribution in [0.1, 0.15) is 10.4 Å². The summed E-state index contributed by atoms with van der Waals surface area (Å²) in [7, 11) is 1.46. The summed E-state index contributed by atoms with van der Waals surface area (Å²) in [5, 5.41) is 21.3. The van der Waals surface area contributed by atoms with Crippen molar-refractivity contribution in [3.05, 3.63) is 42.0 Å². The van der Waals surface area contributed by atoms with Gasteiger partial charge >= 0.3 is 0 Å². The summed E-state index contributed by atoms with van der Waals surface area (Å²) >= 11 is 0. The average molecular weight is 274 g/mol. The summed E-state index contributed by atoms with van der Waals surface area (Å²) < 4.78 is 5.12. The van der Waals surface area contributed by atoms with Crippen LogP contribution in [0.5, 0.6) is 17.2 Å². The number of anilines is 2. The maximum absolute atomic E-state index is 12.1. The topological polar surface area (TPSA) is 105 Å². The lowest BCUT2D eigenvalue weighted by Crippen LogP contribution is -2.12. The van der Waals surface area contributed by atoms with Gasteiger partial charge in [0, 0.05) is 23.4 Å². The van der Waals surface area contributed by atoms with Crippen LogP contribution in [0.25, 0.3) is 0 Å². The van der Waals surface area contributed by atoms with E-state index in [1.165, 1.54) is 19.2 Å². The summed E-state index contributed by atoms with van der Waals surface area (Å²) in [6.45, 7) is 0. The first kappa shape index (κ1) is 13.5. The van der Waals surface area contributed by atoms with Crippen LogP contribution in [-0.4, -0.2) is 23.2 Å². The molecule has 104 valence electrons. The van der Waals surface area contributed by atoms with Crippen LogP contribution >= 0.6 is 0 Å². The van der Waals surface area contributed by atoms with Crippen molar-refractivity contribution < 1.29 is 19.7 Å². The standard InChI is InChI=1S/C14H14N2O4/c1-20-13-6-9(15)2-3-12(13)16-14(19)8-4-10(17)7-11(18)5-8/h2-7,17-18H,15H2,1H3,(H,16,19). The van der Waals surface area contributed by atoms with Crippen LogP contribution in [0.15, 0.2) is 36.4 Å². The Labute approximate surface area is 115 Å². The Bertz CT molecular complexity index is 635. The highest BCUT2D eigenvalue weighted by molar-refractivity contribution is 6.05. The van der Waals surface area contributed by atoms with E-state index in [4.69, 9.17) is 10.5 Å². The van der Waals surface area contributed by atoms with Crippen LogP contribution in [0.3, 0.4) is 0 Å². The van der Waals surface area contributed by atoms with E-state index in [0.717, 1.165) is 6.07 Å². The van der Waals surface area contributed by atoms with Crippen molar-refractivity contribution >= 4 is 17.3 Å². The highest BCUT2D eigenvalue weighted by atomic mass is 16.5. The number of aromatic hydroxyl groups is 2. The second-order valence-corrected chi connectivity index (χ2v) is 4.15. The van der Waals surface area contributed by atoms with Gasteiger partial charge in [0.05, 0.1) is 12.8 Å². The fourth-order valence-electron chi connectivity index (χ4n) is 1.73. The molecule has 0 aromatic heterocycles. The molecular weight excluding hydrogens is 260 g/mol. The van der Waals surface area contributed by atoms with Crippen LogP contribution in [-0.2, 0) is 0 Å². The molecule has 0 fully saturated rings. The molecule has 0 atom stereocenters. The number of ether oxygens (including phenoxy) is 1. The van der Waals surface area contributed by atoms with Crippen molar-refractivity contribution in [2.24, 2.45) is 0 Å². The zero-order chi connectivity index (χ0) is 14.7. The van der Waals surface area contributed by atoms with Gasteiger partial charge in [0.15, 0.2) is 0 Å². The third kappa shape index (κ3) is 2.92. The first-order valence-electron chi connectivity index (χ1n) is 5.77. The molecular formula is C14H14N2O4. The highest BCUT2D eigenvalue weighted by Crippen LogP contribution is 2.28. The van der Waals surface area contributed by atoms with Crippen LogP contribution in [0.4, 0.5) is 11.4 Å². The number of benzene rings is 2. The zero-order valence-electron chi connectivity index (χ0n) is 10.8. The Morgan fingerprint density at radius 3 is 2.40 bits per heavy atom. The van der Waals surface area contributed by atoms with Crippen LogP contribution < -0.4 is 15.8 Å². The van der Waals surface area contributed by atoms with E-state index in [0.29, 0.717) is 17.1 Å². The number of nitrogens with two attached hydrogens (primary N) is 1. The van der Waals surface area contributed by atoms with E-state index in [1.807, 2.05) is 0 Å². The molecule has 6 nitrogen and oxygen atoms in total. The van der Waals surface area contributed by atoms with Crippen LogP contribution in [0, 0.1) is 0 Å². The summed E-state index contributed by atoms with van der Waals surface area (Å²) in [4.78, 5) is 12.1. The Morgan fingerprint density at radius 1 is 1.15 bits per heavy atom. The molecule has 0 unspecified atom stereocenters. The molecule has 0 radical (unpaired) electrons. The van der Waals surface area contributed by atoms with Crippen molar-refractivity contribution in [1.29, 1.82) is 0 Å². The normalized spacial score (nSPS) is 10.1. The summed E-state index contributed by atoms with van der Waals surface area (Å²) in [5.74, 6) is -0.458. The molecule has 5 N–H and O–H groups in total. The number of carbonyl (C=O) groups excluding carboxylic acids is 1. The van der Waals surface area contributed by atoms with Crippen molar-refractivity contribution in [1.82, 2.24) is 0 Å². The van der Waals surface area contributed by atoms with Gasteiger partial charge < -0.3 is 26.0 Å². The lowest BCUT2D eigenvalue weighted by atomic mass is 10.1. The summed E-state index contributed by atoms with van der Waals surface area (Å²) in [6, 6.07) is 8.45. The number of rotatable bonds is 3. The fourth-order valence-corrected chi connectivity index (χ4v) is 1.73. The third-order valence-corrected chi connectivity index (χ3v) is 2.64. The molecule has 0 spiro atoms. The van der Waals surface area contributed by atoms with E-state index in [-0.39, 0.29) is 17.1 Å².